The van der Waals surface area contributed by atoms with Crippen LogP contribution in [0.25, 0.3) is 0 Å². The molecule has 1 fully saturated rings. The van der Waals surface area contributed by atoms with Crippen molar-refractivity contribution < 1.29 is 4.74 Å². The second-order valence-corrected chi connectivity index (χ2v) is 5.64. The molecule has 2 heterocycles. The van der Waals surface area contributed by atoms with E-state index in [2.05, 4.69) is 18.5 Å². The SMILES string of the molecule is CCC1OCCC1c1nc2c(n1C)CCC(N)C2. The first kappa shape index (κ1) is 12.2. The summed E-state index contributed by atoms with van der Waals surface area (Å²) < 4.78 is 8.11. The summed E-state index contributed by atoms with van der Waals surface area (Å²) in [5.74, 6) is 1.69. The highest BCUT2D eigenvalue weighted by Crippen LogP contribution is 2.34. The van der Waals surface area contributed by atoms with Crippen LogP contribution in [-0.2, 0) is 24.6 Å². The number of ether oxygens (including phenoxy) is 1. The molecule has 18 heavy (non-hydrogen) atoms. The molecule has 1 aliphatic carbocycles. The Labute approximate surface area is 109 Å². The zero-order chi connectivity index (χ0) is 12.7. The molecular weight excluding hydrogens is 226 g/mol. The van der Waals surface area contributed by atoms with Gasteiger partial charge in [0, 0.05) is 37.7 Å². The van der Waals surface area contributed by atoms with Crippen molar-refractivity contribution in [1.82, 2.24) is 9.55 Å². The molecule has 0 bridgehead atoms. The van der Waals surface area contributed by atoms with Gasteiger partial charge in [-0.15, -0.1) is 0 Å². The molecule has 1 aromatic heterocycles. The number of nitrogens with zero attached hydrogens (tertiary/aromatic N) is 2. The molecule has 3 atom stereocenters. The molecule has 0 amide bonds. The second kappa shape index (κ2) is 4.67. The average molecular weight is 249 g/mol. The molecule has 0 aromatic carbocycles. The number of imidazole rings is 1. The van der Waals surface area contributed by atoms with E-state index in [9.17, 15) is 0 Å². The molecular formula is C14H23N3O. The monoisotopic (exact) mass is 249 g/mol. The highest BCUT2D eigenvalue weighted by Gasteiger charge is 2.33. The van der Waals surface area contributed by atoms with Crippen LogP contribution in [0.15, 0.2) is 0 Å². The highest BCUT2D eigenvalue weighted by molar-refractivity contribution is 5.24. The van der Waals surface area contributed by atoms with Gasteiger partial charge >= 0.3 is 0 Å². The van der Waals surface area contributed by atoms with E-state index in [1.807, 2.05) is 0 Å². The minimum absolute atomic E-state index is 0.294. The molecule has 0 radical (unpaired) electrons. The van der Waals surface area contributed by atoms with Crippen molar-refractivity contribution in [2.24, 2.45) is 12.8 Å². The van der Waals surface area contributed by atoms with Crippen LogP contribution in [0.4, 0.5) is 0 Å². The summed E-state index contributed by atoms with van der Waals surface area (Å²) in [6, 6.07) is 0.294. The predicted molar refractivity (Wildman–Crippen MR) is 70.6 cm³/mol. The molecule has 2 N–H and O–H groups in total. The van der Waals surface area contributed by atoms with Crippen molar-refractivity contribution in [2.75, 3.05) is 6.61 Å². The van der Waals surface area contributed by atoms with Crippen molar-refractivity contribution in [1.29, 1.82) is 0 Å². The van der Waals surface area contributed by atoms with E-state index in [1.54, 1.807) is 0 Å². The Morgan fingerprint density at radius 2 is 2.28 bits per heavy atom. The minimum atomic E-state index is 0.294. The number of rotatable bonds is 2. The van der Waals surface area contributed by atoms with Gasteiger partial charge in [-0.2, -0.15) is 0 Å². The first-order valence-corrected chi connectivity index (χ1v) is 7.12. The Bertz CT molecular complexity index is 440. The highest BCUT2D eigenvalue weighted by atomic mass is 16.5. The lowest BCUT2D eigenvalue weighted by molar-refractivity contribution is 0.0990. The molecule has 1 saturated heterocycles. The van der Waals surface area contributed by atoms with E-state index in [-0.39, 0.29) is 0 Å². The van der Waals surface area contributed by atoms with E-state index in [0.29, 0.717) is 18.1 Å². The van der Waals surface area contributed by atoms with Crippen LogP contribution < -0.4 is 5.73 Å². The standard InChI is InChI=1S/C14H23N3O/c1-3-13-10(6-7-18-13)14-16-11-8-9(15)4-5-12(11)17(14)2/h9-10,13H,3-8,15H2,1-2H3. The number of hydrogen-bond acceptors (Lipinski definition) is 3. The molecule has 100 valence electrons. The van der Waals surface area contributed by atoms with E-state index in [0.717, 1.165) is 38.7 Å². The van der Waals surface area contributed by atoms with Crippen molar-refractivity contribution in [3.05, 3.63) is 17.2 Å². The van der Waals surface area contributed by atoms with Gasteiger partial charge in [-0.3, -0.25) is 0 Å². The molecule has 4 nitrogen and oxygen atoms in total. The molecule has 4 heteroatoms. The summed E-state index contributed by atoms with van der Waals surface area (Å²) in [6.45, 7) is 3.07. The largest absolute Gasteiger partial charge is 0.377 e. The zero-order valence-electron chi connectivity index (χ0n) is 11.4. The molecule has 3 rings (SSSR count). The van der Waals surface area contributed by atoms with Crippen LogP contribution >= 0.6 is 0 Å². The Morgan fingerprint density at radius 1 is 1.44 bits per heavy atom. The van der Waals surface area contributed by atoms with E-state index < -0.39 is 0 Å². The summed E-state index contributed by atoms with van der Waals surface area (Å²) >= 11 is 0. The van der Waals surface area contributed by atoms with Gasteiger partial charge in [0.05, 0.1) is 11.8 Å². The molecule has 0 saturated carbocycles. The summed E-state index contributed by atoms with van der Waals surface area (Å²) in [4.78, 5) is 4.88. The van der Waals surface area contributed by atoms with Gasteiger partial charge < -0.3 is 15.0 Å². The van der Waals surface area contributed by atoms with Crippen molar-refractivity contribution >= 4 is 0 Å². The number of nitrogens with two attached hydrogens (primary N) is 1. The lowest BCUT2D eigenvalue weighted by Crippen LogP contribution is -2.28. The summed E-state index contributed by atoms with van der Waals surface area (Å²) in [5.41, 5.74) is 8.67. The van der Waals surface area contributed by atoms with Crippen LogP contribution in [0.1, 0.15) is 49.3 Å². The topological polar surface area (TPSA) is 53.1 Å². The van der Waals surface area contributed by atoms with Crippen molar-refractivity contribution in [3.63, 3.8) is 0 Å². The van der Waals surface area contributed by atoms with Crippen LogP contribution in [-0.4, -0.2) is 28.3 Å². The van der Waals surface area contributed by atoms with Crippen LogP contribution in [0, 0.1) is 0 Å². The van der Waals surface area contributed by atoms with Crippen LogP contribution in [0.5, 0.6) is 0 Å². The van der Waals surface area contributed by atoms with E-state index in [1.165, 1.54) is 17.2 Å². The van der Waals surface area contributed by atoms with E-state index >= 15 is 0 Å². The van der Waals surface area contributed by atoms with Gasteiger partial charge in [-0.1, -0.05) is 6.92 Å². The fourth-order valence-electron chi connectivity index (χ4n) is 3.44. The normalized spacial score (nSPS) is 31.6. The smallest absolute Gasteiger partial charge is 0.114 e. The van der Waals surface area contributed by atoms with Gasteiger partial charge in [-0.05, 0) is 25.7 Å². The lowest BCUT2D eigenvalue weighted by atomic mass is 9.97. The Hall–Kier alpha value is -0.870. The number of fused-ring (bicyclic) bond motifs is 1. The van der Waals surface area contributed by atoms with Gasteiger partial charge in [-0.25, -0.2) is 4.98 Å². The fourth-order valence-corrected chi connectivity index (χ4v) is 3.44. The van der Waals surface area contributed by atoms with Gasteiger partial charge in [0.15, 0.2) is 0 Å². The van der Waals surface area contributed by atoms with Crippen molar-refractivity contribution in [2.45, 2.75) is 57.1 Å². The first-order valence-electron chi connectivity index (χ1n) is 7.12. The molecule has 1 aliphatic heterocycles. The quantitative estimate of drug-likeness (QED) is 0.864. The Balaban J connectivity index is 1.93. The second-order valence-electron chi connectivity index (χ2n) is 5.64. The Morgan fingerprint density at radius 3 is 3.06 bits per heavy atom. The van der Waals surface area contributed by atoms with Gasteiger partial charge in [0.2, 0.25) is 0 Å². The third-order valence-electron chi connectivity index (χ3n) is 4.48. The average Bonchev–Trinajstić information content (AvgIpc) is 2.93. The van der Waals surface area contributed by atoms with Gasteiger partial charge in [0.25, 0.3) is 0 Å². The van der Waals surface area contributed by atoms with Crippen LogP contribution in [0.3, 0.4) is 0 Å². The third-order valence-corrected chi connectivity index (χ3v) is 4.48. The molecule has 2 aliphatic rings. The number of aromatic nitrogens is 2. The summed E-state index contributed by atoms with van der Waals surface area (Å²) in [6.07, 6.45) is 5.62. The fraction of sp³-hybridized carbons (Fsp3) is 0.786. The van der Waals surface area contributed by atoms with E-state index in [4.69, 9.17) is 15.5 Å². The van der Waals surface area contributed by atoms with Crippen LogP contribution in [0.2, 0.25) is 0 Å². The first-order chi connectivity index (χ1) is 8.70. The predicted octanol–water partition coefficient (Wildman–Crippen LogP) is 1.52. The minimum Gasteiger partial charge on any atom is -0.377 e. The zero-order valence-corrected chi connectivity index (χ0v) is 11.4. The summed E-state index contributed by atoms with van der Waals surface area (Å²) in [5, 5.41) is 0. The maximum absolute atomic E-state index is 6.04. The maximum Gasteiger partial charge on any atom is 0.114 e. The maximum atomic E-state index is 6.04. The summed E-state index contributed by atoms with van der Waals surface area (Å²) in [7, 11) is 2.16. The molecule has 3 unspecified atom stereocenters. The molecule has 1 aromatic rings. The molecule has 0 spiro atoms. The van der Waals surface area contributed by atoms with Gasteiger partial charge in [0.1, 0.15) is 5.82 Å². The lowest BCUT2D eigenvalue weighted by Gasteiger charge is -2.19. The Kier molecular flexibility index (Phi) is 3.16. The number of hydrogen-bond donors (Lipinski definition) is 1. The third kappa shape index (κ3) is 1.88. The van der Waals surface area contributed by atoms with Crippen molar-refractivity contribution in [3.8, 4) is 0 Å².